The Labute approximate surface area is 158 Å². The van der Waals surface area contributed by atoms with Gasteiger partial charge in [0.2, 0.25) is 0 Å². The minimum absolute atomic E-state index is 0.570. The SMILES string of the molecule is CCC(CC(C)COc1ccccc1C1CC1)c1ccc2c(c1)CCC2. The Morgan fingerprint density at radius 1 is 1.04 bits per heavy atom. The highest BCUT2D eigenvalue weighted by Gasteiger charge is 2.26. The average molecular weight is 349 g/mol. The summed E-state index contributed by atoms with van der Waals surface area (Å²) in [6.07, 6.45) is 8.95. The molecule has 2 aromatic carbocycles. The molecule has 2 aromatic rings. The van der Waals surface area contributed by atoms with E-state index in [9.17, 15) is 0 Å². The number of hydrogen-bond acceptors (Lipinski definition) is 1. The molecule has 1 fully saturated rings. The van der Waals surface area contributed by atoms with E-state index in [1.54, 1.807) is 16.7 Å². The molecule has 0 saturated heterocycles. The summed E-state index contributed by atoms with van der Waals surface area (Å²) in [6, 6.07) is 15.9. The summed E-state index contributed by atoms with van der Waals surface area (Å²) in [5.41, 5.74) is 6.14. The number of para-hydroxylation sites is 1. The van der Waals surface area contributed by atoms with Crippen LogP contribution in [0.2, 0.25) is 0 Å². The Bertz CT molecular complexity index is 744. The molecule has 1 nitrogen and oxygen atoms in total. The lowest BCUT2D eigenvalue weighted by molar-refractivity contribution is 0.241. The third-order valence-electron chi connectivity index (χ3n) is 6.23. The maximum absolute atomic E-state index is 6.26. The van der Waals surface area contributed by atoms with Gasteiger partial charge in [-0.15, -0.1) is 0 Å². The zero-order chi connectivity index (χ0) is 17.9. The first-order valence-corrected chi connectivity index (χ1v) is 10.6. The molecule has 138 valence electrons. The molecule has 2 aliphatic carbocycles. The van der Waals surface area contributed by atoms with Crippen LogP contribution in [0.1, 0.15) is 80.0 Å². The molecule has 2 unspecified atom stereocenters. The Kier molecular flexibility index (Phi) is 5.33. The molecule has 0 N–H and O–H groups in total. The van der Waals surface area contributed by atoms with Crippen LogP contribution in [0.25, 0.3) is 0 Å². The van der Waals surface area contributed by atoms with Crippen molar-refractivity contribution in [3.8, 4) is 5.75 Å². The fraction of sp³-hybridized carbons (Fsp3) is 0.520. The van der Waals surface area contributed by atoms with Crippen molar-refractivity contribution in [2.24, 2.45) is 5.92 Å². The van der Waals surface area contributed by atoms with Crippen LogP contribution in [0.4, 0.5) is 0 Å². The molecule has 2 atom stereocenters. The fourth-order valence-electron chi connectivity index (χ4n) is 4.51. The molecule has 2 aliphatic rings. The molecule has 0 bridgehead atoms. The van der Waals surface area contributed by atoms with Gasteiger partial charge in [0, 0.05) is 0 Å². The van der Waals surface area contributed by atoms with Crippen LogP contribution in [-0.4, -0.2) is 6.61 Å². The quantitative estimate of drug-likeness (QED) is 0.519. The number of ether oxygens (including phenoxy) is 1. The highest BCUT2D eigenvalue weighted by molar-refractivity contribution is 5.39. The largest absolute Gasteiger partial charge is 0.493 e. The van der Waals surface area contributed by atoms with Gasteiger partial charge in [-0.3, -0.25) is 0 Å². The zero-order valence-electron chi connectivity index (χ0n) is 16.3. The third kappa shape index (κ3) is 3.98. The monoisotopic (exact) mass is 348 g/mol. The minimum Gasteiger partial charge on any atom is -0.493 e. The van der Waals surface area contributed by atoms with E-state index >= 15 is 0 Å². The van der Waals surface area contributed by atoms with E-state index in [0.29, 0.717) is 11.8 Å². The average Bonchev–Trinajstić information content (AvgIpc) is 3.41. The van der Waals surface area contributed by atoms with Gasteiger partial charge in [0.15, 0.2) is 0 Å². The molecule has 0 amide bonds. The van der Waals surface area contributed by atoms with Crippen molar-refractivity contribution in [3.05, 3.63) is 64.7 Å². The lowest BCUT2D eigenvalue weighted by Gasteiger charge is -2.22. The normalized spacial score (nSPS) is 18.4. The molecule has 0 spiro atoms. The molecule has 0 aromatic heterocycles. The second-order valence-corrected chi connectivity index (χ2v) is 8.45. The highest BCUT2D eigenvalue weighted by Crippen LogP contribution is 2.44. The maximum atomic E-state index is 6.26. The molecule has 1 saturated carbocycles. The van der Waals surface area contributed by atoms with Crippen molar-refractivity contribution in [3.63, 3.8) is 0 Å². The van der Waals surface area contributed by atoms with Crippen LogP contribution in [-0.2, 0) is 12.8 Å². The van der Waals surface area contributed by atoms with Gasteiger partial charge in [-0.1, -0.05) is 50.2 Å². The Morgan fingerprint density at radius 2 is 1.85 bits per heavy atom. The highest BCUT2D eigenvalue weighted by atomic mass is 16.5. The van der Waals surface area contributed by atoms with E-state index in [-0.39, 0.29) is 0 Å². The van der Waals surface area contributed by atoms with Crippen LogP contribution in [0.5, 0.6) is 5.75 Å². The smallest absolute Gasteiger partial charge is 0.122 e. The number of rotatable bonds is 8. The number of benzene rings is 2. The molecule has 4 rings (SSSR count). The van der Waals surface area contributed by atoms with Gasteiger partial charge in [0.25, 0.3) is 0 Å². The molecule has 26 heavy (non-hydrogen) atoms. The van der Waals surface area contributed by atoms with Gasteiger partial charge in [-0.25, -0.2) is 0 Å². The van der Waals surface area contributed by atoms with Crippen molar-refractivity contribution in [1.29, 1.82) is 0 Å². The van der Waals surface area contributed by atoms with Crippen LogP contribution in [0, 0.1) is 5.92 Å². The Morgan fingerprint density at radius 3 is 2.65 bits per heavy atom. The Balaban J connectivity index is 1.36. The van der Waals surface area contributed by atoms with Crippen molar-refractivity contribution in [2.45, 2.75) is 70.6 Å². The van der Waals surface area contributed by atoms with Gasteiger partial charge in [0.1, 0.15) is 5.75 Å². The number of hydrogen-bond donors (Lipinski definition) is 0. The summed E-state index contributed by atoms with van der Waals surface area (Å²) in [4.78, 5) is 0. The summed E-state index contributed by atoms with van der Waals surface area (Å²) < 4.78 is 6.26. The van der Waals surface area contributed by atoms with Crippen molar-refractivity contribution in [2.75, 3.05) is 6.61 Å². The third-order valence-corrected chi connectivity index (χ3v) is 6.23. The first-order valence-electron chi connectivity index (χ1n) is 10.6. The van der Waals surface area contributed by atoms with Crippen LogP contribution < -0.4 is 4.74 Å². The van der Waals surface area contributed by atoms with E-state index < -0.39 is 0 Å². The van der Waals surface area contributed by atoms with Gasteiger partial charge < -0.3 is 4.74 Å². The summed E-state index contributed by atoms with van der Waals surface area (Å²) in [6.45, 7) is 5.49. The number of fused-ring (bicyclic) bond motifs is 1. The molecular weight excluding hydrogens is 316 g/mol. The molecular formula is C25H32O. The van der Waals surface area contributed by atoms with E-state index in [4.69, 9.17) is 4.74 Å². The molecule has 0 aliphatic heterocycles. The molecule has 0 heterocycles. The second-order valence-electron chi connectivity index (χ2n) is 8.45. The van der Waals surface area contributed by atoms with Crippen LogP contribution in [0.3, 0.4) is 0 Å². The van der Waals surface area contributed by atoms with E-state index in [1.165, 1.54) is 50.5 Å². The summed E-state index contributed by atoms with van der Waals surface area (Å²) in [5.74, 6) is 3.09. The zero-order valence-corrected chi connectivity index (χ0v) is 16.3. The lowest BCUT2D eigenvalue weighted by Crippen LogP contribution is -2.13. The molecule has 0 radical (unpaired) electrons. The van der Waals surface area contributed by atoms with E-state index in [0.717, 1.165) is 18.3 Å². The molecule has 1 heteroatoms. The van der Waals surface area contributed by atoms with Crippen LogP contribution in [0.15, 0.2) is 42.5 Å². The first kappa shape index (κ1) is 17.6. The predicted octanol–water partition coefficient (Wildman–Crippen LogP) is 6.65. The Hall–Kier alpha value is -1.76. The van der Waals surface area contributed by atoms with Crippen molar-refractivity contribution < 1.29 is 4.74 Å². The van der Waals surface area contributed by atoms with E-state index in [1.807, 2.05) is 0 Å². The maximum Gasteiger partial charge on any atom is 0.122 e. The van der Waals surface area contributed by atoms with Crippen molar-refractivity contribution in [1.82, 2.24) is 0 Å². The fourth-order valence-corrected chi connectivity index (χ4v) is 4.51. The summed E-state index contributed by atoms with van der Waals surface area (Å²) >= 11 is 0. The van der Waals surface area contributed by atoms with Crippen LogP contribution >= 0.6 is 0 Å². The summed E-state index contributed by atoms with van der Waals surface area (Å²) in [7, 11) is 0. The lowest BCUT2D eigenvalue weighted by atomic mass is 9.86. The first-order chi connectivity index (χ1) is 12.7. The minimum atomic E-state index is 0.570. The van der Waals surface area contributed by atoms with Gasteiger partial charge in [-0.2, -0.15) is 0 Å². The summed E-state index contributed by atoms with van der Waals surface area (Å²) in [5, 5.41) is 0. The van der Waals surface area contributed by atoms with Gasteiger partial charge in [-0.05, 0) is 91.0 Å². The standard InChI is InChI=1S/C25H32O/c1-3-19(23-14-11-20-7-6-8-22(20)16-23)15-18(2)17-26-25-10-5-4-9-24(25)21-12-13-21/h4-5,9-11,14,16,18-19,21H,3,6-8,12-13,15,17H2,1-2H3. The predicted molar refractivity (Wildman–Crippen MR) is 109 cm³/mol. The van der Waals surface area contributed by atoms with Gasteiger partial charge >= 0.3 is 0 Å². The van der Waals surface area contributed by atoms with Crippen molar-refractivity contribution >= 4 is 0 Å². The number of aryl methyl sites for hydroxylation is 2. The second kappa shape index (κ2) is 7.86. The van der Waals surface area contributed by atoms with Gasteiger partial charge in [0.05, 0.1) is 6.61 Å². The topological polar surface area (TPSA) is 9.23 Å². The van der Waals surface area contributed by atoms with E-state index in [2.05, 4.69) is 56.3 Å².